The molecule has 9 rings (SSSR count). The van der Waals surface area contributed by atoms with Crippen LogP contribution >= 0.6 is 11.3 Å². The minimum Gasteiger partial charge on any atom is -0.135 e. The molecule has 0 aliphatic rings. The van der Waals surface area contributed by atoms with Crippen LogP contribution in [0.5, 0.6) is 0 Å². The summed E-state index contributed by atoms with van der Waals surface area (Å²) in [6.45, 7) is 0. The fraction of sp³-hybridized carbons (Fsp3) is 0. The number of fused-ring (bicyclic) bond motifs is 7. The van der Waals surface area contributed by atoms with Gasteiger partial charge in [-0.15, -0.1) is 11.3 Å². The van der Waals surface area contributed by atoms with Crippen LogP contribution in [0.1, 0.15) is 12.3 Å². The van der Waals surface area contributed by atoms with Crippen molar-refractivity contribution in [3.8, 4) is 33.4 Å². The van der Waals surface area contributed by atoms with E-state index >= 15 is 0 Å². The predicted molar refractivity (Wildman–Crippen MR) is 188 cm³/mol. The second-order valence-corrected chi connectivity index (χ2v) is 11.6. The fourth-order valence-electron chi connectivity index (χ4n) is 6.41. The Bertz CT molecular complexity index is 2900. The molecule has 0 aliphatic carbocycles. The molecule has 200 valence electrons. The highest BCUT2D eigenvalue weighted by Gasteiger charge is 2.17. The van der Waals surface area contributed by atoms with Crippen LogP contribution in [0.3, 0.4) is 0 Å². The minimum atomic E-state index is -0.480. The second kappa shape index (κ2) is 9.66. The van der Waals surface area contributed by atoms with Crippen molar-refractivity contribution in [2.24, 2.45) is 0 Å². The quantitative estimate of drug-likeness (QED) is 0.185. The average molecular weight is 572 g/mol. The van der Waals surface area contributed by atoms with Crippen LogP contribution in [0.15, 0.2) is 158 Å². The van der Waals surface area contributed by atoms with Gasteiger partial charge in [0.2, 0.25) is 0 Å². The molecule has 8 aromatic carbocycles. The lowest BCUT2D eigenvalue weighted by Gasteiger charge is -2.18. The van der Waals surface area contributed by atoms with Crippen molar-refractivity contribution in [2.75, 3.05) is 0 Å². The zero-order chi connectivity index (χ0) is 36.2. The number of rotatable bonds is 3. The molecule has 0 bridgehead atoms. The molecule has 0 amide bonds. The lowest BCUT2D eigenvalue weighted by molar-refractivity contribution is 1.63. The number of thiophene rings is 1. The first kappa shape index (κ1) is 17.0. The summed E-state index contributed by atoms with van der Waals surface area (Å²) in [4.78, 5) is 0. The monoisotopic (exact) mass is 571 g/mol. The van der Waals surface area contributed by atoms with Gasteiger partial charge in [0, 0.05) is 20.2 Å². The van der Waals surface area contributed by atoms with E-state index in [1.54, 1.807) is 35.6 Å². The highest BCUT2D eigenvalue weighted by molar-refractivity contribution is 7.26. The molecule has 0 unspecified atom stereocenters. The van der Waals surface area contributed by atoms with E-state index in [0.717, 1.165) is 26.2 Å². The Hall–Kier alpha value is -5.24. The van der Waals surface area contributed by atoms with Crippen LogP contribution in [-0.4, -0.2) is 0 Å². The van der Waals surface area contributed by atoms with Crippen molar-refractivity contribution in [2.45, 2.75) is 0 Å². The van der Waals surface area contributed by atoms with E-state index in [1.165, 1.54) is 4.70 Å². The molecule has 1 aromatic heterocycles. The van der Waals surface area contributed by atoms with Crippen LogP contribution in [0.25, 0.3) is 85.9 Å². The van der Waals surface area contributed by atoms with Gasteiger partial charge in [-0.05, 0) is 77.8 Å². The normalized spacial score (nSPS) is 14.7. The van der Waals surface area contributed by atoms with Crippen LogP contribution in [-0.2, 0) is 0 Å². The molecule has 1 heteroatoms. The Morgan fingerprint density at radius 2 is 0.907 bits per heavy atom. The highest BCUT2D eigenvalue weighted by Crippen LogP contribution is 2.45. The number of benzene rings is 8. The molecule has 0 saturated heterocycles. The number of hydrogen-bond acceptors (Lipinski definition) is 1. The van der Waals surface area contributed by atoms with Crippen molar-refractivity contribution in [1.82, 2.24) is 0 Å². The van der Waals surface area contributed by atoms with E-state index in [-0.39, 0.29) is 52.9 Å². The lowest BCUT2D eigenvalue weighted by Crippen LogP contribution is -1.90. The van der Waals surface area contributed by atoms with Gasteiger partial charge in [-0.1, -0.05) is 145 Å². The molecule has 0 fully saturated rings. The molecule has 0 aliphatic heterocycles. The third kappa shape index (κ3) is 3.75. The van der Waals surface area contributed by atoms with Crippen molar-refractivity contribution >= 4 is 63.8 Å². The topological polar surface area (TPSA) is 0 Å². The number of hydrogen-bond donors (Lipinski definition) is 0. The molecule has 43 heavy (non-hydrogen) atoms. The summed E-state index contributed by atoms with van der Waals surface area (Å²) in [7, 11) is 0. The second-order valence-electron chi connectivity index (χ2n) is 10.5. The molecule has 0 saturated carbocycles. The molecule has 9 aromatic rings. The standard InChI is InChI=1S/C42H26S/c1-2-11-28(12-3-1)40-33-13-4-6-15-35(33)41(36-16-7-5-14-34(36)40)29-23-21-27(22-24-29)30-18-10-19-32-31(30)25-26-39-42(32)37-17-8-9-20-38(37)43-39/h1-26H/i1D,2D,3D,11D,12D,21D,22D,23D,24D. The largest absolute Gasteiger partial charge is 0.135 e. The van der Waals surface area contributed by atoms with Crippen molar-refractivity contribution in [3.05, 3.63) is 158 Å². The zero-order valence-electron chi connectivity index (χ0n) is 31.7. The van der Waals surface area contributed by atoms with Gasteiger partial charge in [0.25, 0.3) is 0 Å². The Kier molecular flexibility index (Phi) is 3.82. The highest BCUT2D eigenvalue weighted by atomic mass is 32.1. The van der Waals surface area contributed by atoms with Gasteiger partial charge < -0.3 is 0 Å². The van der Waals surface area contributed by atoms with Gasteiger partial charge >= 0.3 is 0 Å². The predicted octanol–water partition coefficient (Wildman–Crippen LogP) is 12.5. The van der Waals surface area contributed by atoms with E-state index < -0.39 is 18.1 Å². The molecule has 0 N–H and O–H groups in total. The molecule has 0 atom stereocenters. The van der Waals surface area contributed by atoms with Crippen LogP contribution in [0.4, 0.5) is 0 Å². The summed E-state index contributed by atoms with van der Waals surface area (Å²) in [5.74, 6) is 0. The SMILES string of the molecule is [2H]c1c([2H])c([2H])c(-c2c3ccccc3c(-c3c([2H])c([2H])c(-c4cccc5c4ccc4sc6ccccc6c45)c([2H])c3[2H])c3ccccc23)c([2H])c1[2H]. The van der Waals surface area contributed by atoms with Crippen LogP contribution in [0.2, 0.25) is 0 Å². The van der Waals surface area contributed by atoms with Crippen LogP contribution in [0, 0.1) is 0 Å². The van der Waals surface area contributed by atoms with Crippen LogP contribution < -0.4 is 0 Å². The van der Waals surface area contributed by atoms with Crippen molar-refractivity contribution in [1.29, 1.82) is 0 Å². The molecule has 0 spiro atoms. The van der Waals surface area contributed by atoms with Crippen molar-refractivity contribution in [3.63, 3.8) is 0 Å². The van der Waals surface area contributed by atoms with E-state index in [2.05, 4.69) is 18.2 Å². The lowest BCUT2D eigenvalue weighted by atomic mass is 9.85. The van der Waals surface area contributed by atoms with E-state index in [4.69, 9.17) is 6.85 Å². The summed E-state index contributed by atoms with van der Waals surface area (Å²) in [5, 5.41) is 6.34. The van der Waals surface area contributed by atoms with Gasteiger partial charge in [0.15, 0.2) is 0 Å². The zero-order valence-corrected chi connectivity index (χ0v) is 23.5. The van der Waals surface area contributed by atoms with E-state index in [0.29, 0.717) is 38.2 Å². The third-order valence-electron chi connectivity index (χ3n) is 8.23. The van der Waals surface area contributed by atoms with Gasteiger partial charge in [-0.3, -0.25) is 0 Å². The maximum absolute atomic E-state index is 9.48. The molecule has 1 heterocycles. The van der Waals surface area contributed by atoms with Gasteiger partial charge in [0.1, 0.15) is 0 Å². The summed E-state index contributed by atoms with van der Waals surface area (Å²) < 4.78 is 82.7. The Labute approximate surface area is 266 Å². The first-order valence-electron chi connectivity index (χ1n) is 18.5. The van der Waals surface area contributed by atoms with Crippen molar-refractivity contribution < 1.29 is 12.3 Å². The summed E-state index contributed by atoms with van der Waals surface area (Å²) in [6, 6.07) is 29.8. The first-order valence-corrected chi connectivity index (χ1v) is 14.9. The minimum absolute atomic E-state index is 0.0586. The van der Waals surface area contributed by atoms with E-state index in [9.17, 15) is 5.48 Å². The Balaban J connectivity index is 1.36. The fourth-order valence-corrected chi connectivity index (χ4v) is 7.54. The maximum Gasteiger partial charge on any atom is 0.0629 e. The van der Waals surface area contributed by atoms with Gasteiger partial charge in [0.05, 0.1) is 12.3 Å². The Morgan fingerprint density at radius 3 is 1.56 bits per heavy atom. The van der Waals surface area contributed by atoms with Gasteiger partial charge in [-0.2, -0.15) is 0 Å². The molecule has 0 nitrogen and oxygen atoms in total. The summed E-state index contributed by atoms with van der Waals surface area (Å²) in [6.07, 6.45) is 0. The van der Waals surface area contributed by atoms with E-state index in [1.807, 2.05) is 60.7 Å². The molecule has 0 radical (unpaired) electrons. The average Bonchev–Trinajstić information content (AvgIpc) is 3.56. The smallest absolute Gasteiger partial charge is 0.0629 e. The first-order chi connectivity index (χ1) is 25.1. The summed E-state index contributed by atoms with van der Waals surface area (Å²) >= 11 is 1.71. The third-order valence-corrected chi connectivity index (χ3v) is 9.36. The summed E-state index contributed by atoms with van der Waals surface area (Å²) in [5.41, 5.74) is 1.95. The Morgan fingerprint density at radius 1 is 0.372 bits per heavy atom. The molecular formula is C42H26S. The van der Waals surface area contributed by atoms with Gasteiger partial charge in [-0.25, -0.2) is 0 Å². The maximum atomic E-state index is 9.48. The molecular weight excluding hydrogens is 537 g/mol.